The number of phenolic OH excluding ortho intramolecular Hbond substituents is 1. The van der Waals surface area contributed by atoms with Crippen LogP contribution in [-0.4, -0.2) is 33.3 Å². The van der Waals surface area contributed by atoms with Crippen molar-refractivity contribution in [2.75, 3.05) is 18.2 Å². The van der Waals surface area contributed by atoms with Gasteiger partial charge in [0.1, 0.15) is 0 Å². The van der Waals surface area contributed by atoms with Gasteiger partial charge >= 0.3 is 0 Å². The Bertz CT molecular complexity index is 581. The van der Waals surface area contributed by atoms with Crippen molar-refractivity contribution < 1.29 is 14.6 Å². The molecule has 0 aliphatic heterocycles. The van der Waals surface area contributed by atoms with Crippen molar-refractivity contribution in [1.29, 1.82) is 0 Å². The molecule has 0 saturated heterocycles. The van der Waals surface area contributed by atoms with E-state index in [1.165, 1.54) is 19.2 Å². The maximum atomic E-state index is 11.7. The SMILES string of the molecule is COc1ccc(NC(=O)c2nc(N)n[nH]2)cc1O. The molecule has 1 aromatic heterocycles. The third-order valence-corrected chi connectivity index (χ3v) is 2.15. The van der Waals surface area contributed by atoms with Crippen LogP contribution in [0.4, 0.5) is 11.6 Å². The van der Waals surface area contributed by atoms with Gasteiger partial charge in [-0.3, -0.25) is 9.89 Å². The van der Waals surface area contributed by atoms with Gasteiger partial charge in [-0.15, -0.1) is 5.10 Å². The van der Waals surface area contributed by atoms with Crippen LogP contribution in [0.1, 0.15) is 10.6 Å². The van der Waals surface area contributed by atoms with Crippen LogP contribution in [0.3, 0.4) is 0 Å². The molecule has 0 spiro atoms. The van der Waals surface area contributed by atoms with Crippen molar-refractivity contribution in [1.82, 2.24) is 15.2 Å². The topological polar surface area (TPSA) is 126 Å². The van der Waals surface area contributed by atoms with Crippen LogP contribution in [0.25, 0.3) is 0 Å². The fourth-order valence-electron chi connectivity index (χ4n) is 1.33. The number of phenols is 1. The van der Waals surface area contributed by atoms with Gasteiger partial charge in [0.15, 0.2) is 11.5 Å². The fourth-order valence-corrected chi connectivity index (χ4v) is 1.33. The molecule has 0 aliphatic carbocycles. The van der Waals surface area contributed by atoms with Crippen LogP contribution in [0.5, 0.6) is 11.5 Å². The Morgan fingerprint density at radius 3 is 2.89 bits per heavy atom. The van der Waals surface area contributed by atoms with Crippen molar-refractivity contribution in [3.05, 3.63) is 24.0 Å². The highest BCUT2D eigenvalue weighted by molar-refractivity contribution is 6.01. The minimum Gasteiger partial charge on any atom is -0.504 e. The lowest BCUT2D eigenvalue weighted by Crippen LogP contribution is -2.13. The molecule has 0 atom stereocenters. The molecule has 8 heteroatoms. The fraction of sp³-hybridized carbons (Fsp3) is 0.100. The van der Waals surface area contributed by atoms with E-state index >= 15 is 0 Å². The second-order valence-corrected chi connectivity index (χ2v) is 3.38. The van der Waals surface area contributed by atoms with E-state index in [1.54, 1.807) is 6.07 Å². The van der Waals surface area contributed by atoms with E-state index in [1.807, 2.05) is 0 Å². The number of aromatic amines is 1. The summed E-state index contributed by atoms with van der Waals surface area (Å²) in [5, 5.41) is 18.0. The van der Waals surface area contributed by atoms with Crippen molar-refractivity contribution in [2.45, 2.75) is 0 Å². The summed E-state index contributed by atoms with van der Waals surface area (Å²) in [5.41, 5.74) is 5.68. The second kappa shape index (κ2) is 4.62. The highest BCUT2D eigenvalue weighted by Gasteiger charge is 2.11. The first-order valence-corrected chi connectivity index (χ1v) is 4.96. The maximum Gasteiger partial charge on any atom is 0.293 e. The molecule has 2 aromatic rings. The molecule has 18 heavy (non-hydrogen) atoms. The Hall–Kier alpha value is -2.77. The van der Waals surface area contributed by atoms with Crippen molar-refractivity contribution >= 4 is 17.5 Å². The highest BCUT2D eigenvalue weighted by atomic mass is 16.5. The van der Waals surface area contributed by atoms with E-state index in [4.69, 9.17) is 10.5 Å². The summed E-state index contributed by atoms with van der Waals surface area (Å²) < 4.78 is 4.89. The Morgan fingerprint density at radius 1 is 1.56 bits per heavy atom. The average Bonchev–Trinajstić information content (AvgIpc) is 2.76. The van der Waals surface area contributed by atoms with Gasteiger partial charge in [0.2, 0.25) is 11.8 Å². The molecule has 0 aliphatic rings. The quantitative estimate of drug-likeness (QED) is 0.621. The third kappa shape index (κ3) is 2.32. The number of hydrogen-bond donors (Lipinski definition) is 4. The van der Waals surface area contributed by atoms with Crippen LogP contribution in [0, 0.1) is 0 Å². The zero-order chi connectivity index (χ0) is 13.1. The number of nitrogen functional groups attached to an aromatic ring is 1. The van der Waals surface area contributed by atoms with Crippen LogP contribution in [0.15, 0.2) is 18.2 Å². The summed E-state index contributed by atoms with van der Waals surface area (Å²) in [5.74, 6) is -0.298. The number of ether oxygens (including phenoxy) is 1. The number of hydrogen-bond acceptors (Lipinski definition) is 6. The van der Waals surface area contributed by atoms with Gasteiger partial charge in [-0.2, -0.15) is 4.98 Å². The molecule has 0 saturated carbocycles. The number of nitrogens with one attached hydrogen (secondary N) is 2. The number of H-pyrrole nitrogens is 1. The van der Waals surface area contributed by atoms with Gasteiger partial charge in [-0.1, -0.05) is 0 Å². The smallest absolute Gasteiger partial charge is 0.293 e. The summed E-state index contributed by atoms with van der Waals surface area (Å²) >= 11 is 0. The van der Waals surface area contributed by atoms with Gasteiger partial charge in [-0.25, -0.2) is 0 Å². The molecule has 1 heterocycles. The molecular weight excluding hydrogens is 238 g/mol. The average molecular weight is 249 g/mol. The largest absolute Gasteiger partial charge is 0.504 e. The standard InChI is InChI=1S/C10H11N5O3/c1-18-7-3-2-5(4-6(7)16)12-9(17)8-13-10(11)15-14-8/h2-4,16H,1H3,(H,12,17)(H3,11,13,14,15). The zero-order valence-corrected chi connectivity index (χ0v) is 9.47. The van der Waals surface area contributed by atoms with E-state index < -0.39 is 5.91 Å². The van der Waals surface area contributed by atoms with E-state index in [2.05, 4.69) is 20.5 Å². The summed E-state index contributed by atoms with van der Waals surface area (Å²) in [4.78, 5) is 15.4. The molecule has 0 bridgehead atoms. The van der Waals surface area contributed by atoms with Crippen LogP contribution < -0.4 is 15.8 Å². The first-order chi connectivity index (χ1) is 8.60. The first-order valence-electron chi connectivity index (χ1n) is 4.96. The van der Waals surface area contributed by atoms with Gasteiger partial charge < -0.3 is 20.9 Å². The number of nitrogens with zero attached hydrogens (tertiary/aromatic N) is 2. The lowest BCUT2D eigenvalue weighted by molar-refractivity contribution is 0.101. The predicted octanol–water partition coefficient (Wildman–Crippen LogP) is 0.353. The number of aromatic nitrogens is 3. The molecule has 0 radical (unpaired) electrons. The molecule has 5 N–H and O–H groups in total. The van der Waals surface area contributed by atoms with Crippen LogP contribution >= 0.6 is 0 Å². The summed E-state index contributed by atoms with van der Waals surface area (Å²) in [7, 11) is 1.44. The predicted molar refractivity (Wildman–Crippen MR) is 63.4 cm³/mol. The zero-order valence-electron chi connectivity index (χ0n) is 9.47. The van der Waals surface area contributed by atoms with E-state index in [0.29, 0.717) is 11.4 Å². The minimum atomic E-state index is -0.510. The highest BCUT2D eigenvalue weighted by Crippen LogP contribution is 2.28. The van der Waals surface area contributed by atoms with Crippen molar-refractivity contribution in [3.8, 4) is 11.5 Å². The Balaban J connectivity index is 2.14. The third-order valence-electron chi connectivity index (χ3n) is 2.15. The molecule has 8 nitrogen and oxygen atoms in total. The first kappa shape index (κ1) is 11.7. The van der Waals surface area contributed by atoms with Gasteiger partial charge in [0.05, 0.1) is 7.11 Å². The van der Waals surface area contributed by atoms with E-state index in [9.17, 15) is 9.90 Å². The van der Waals surface area contributed by atoms with E-state index in [-0.39, 0.29) is 17.5 Å². The number of benzene rings is 1. The summed E-state index contributed by atoms with van der Waals surface area (Å²) in [6.45, 7) is 0. The van der Waals surface area contributed by atoms with Crippen LogP contribution in [0.2, 0.25) is 0 Å². The maximum absolute atomic E-state index is 11.7. The monoisotopic (exact) mass is 249 g/mol. The Kier molecular flexibility index (Phi) is 3.00. The summed E-state index contributed by atoms with van der Waals surface area (Å²) in [6.07, 6.45) is 0. The van der Waals surface area contributed by atoms with Gasteiger partial charge in [-0.05, 0) is 12.1 Å². The number of carbonyl (C=O) groups excluding carboxylic acids is 1. The van der Waals surface area contributed by atoms with Gasteiger partial charge in [0.25, 0.3) is 5.91 Å². The number of aromatic hydroxyl groups is 1. The van der Waals surface area contributed by atoms with E-state index in [0.717, 1.165) is 0 Å². The van der Waals surface area contributed by atoms with Crippen LogP contribution in [-0.2, 0) is 0 Å². The number of carbonyl (C=O) groups is 1. The molecule has 0 fully saturated rings. The Morgan fingerprint density at radius 2 is 2.33 bits per heavy atom. The Labute approximate surface area is 102 Å². The number of rotatable bonds is 3. The number of nitrogens with two attached hydrogens (primary N) is 1. The normalized spacial score (nSPS) is 10.1. The molecule has 1 aromatic carbocycles. The number of methoxy groups -OCH3 is 1. The number of anilines is 2. The lowest BCUT2D eigenvalue weighted by atomic mass is 10.2. The number of amides is 1. The molecule has 2 rings (SSSR count). The lowest BCUT2D eigenvalue weighted by Gasteiger charge is -2.06. The van der Waals surface area contributed by atoms with Gasteiger partial charge in [0, 0.05) is 11.8 Å². The second-order valence-electron chi connectivity index (χ2n) is 3.38. The van der Waals surface area contributed by atoms with Crippen molar-refractivity contribution in [3.63, 3.8) is 0 Å². The molecule has 1 amide bonds. The minimum absolute atomic E-state index is 0.0113. The molecular formula is C10H11N5O3. The summed E-state index contributed by atoms with van der Waals surface area (Å²) in [6, 6.07) is 4.46. The molecule has 0 unspecified atom stereocenters. The molecule has 94 valence electrons. The van der Waals surface area contributed by atoms with Crippen molar-refractivity contribution in [2.24, 2.45) is 0 Å².